The van der Waals surface area contributed by atoms with Crippen molar-refractivity contribution in [1.82, 2.24) is 20.0 Å². The van der Waals surface area contributed by atoms with E-state index < -0.39 is 0 Å². The number of nitrogens with zero attached hydrogens (tertiary/aromatic N) is 3. The fourth-order valence-corrected chi connectivity index (χ4v) is 6.44. The quantitative estimate of drug-likeness (QED) is 0.277. The van der Waals surface area contributed by atoms with Crippen LogP contribution in [0, 0.1) is 11.8 Å². The zero-order chi connectivity index (χ0) is 32.5. The summed E-state index contributed by atoms with van der Waals surface area (Å²) < 4.78 is 22.0. The number of morpholine rings is 1. The molecule has 1 aliphatic carbocycles. The van der Waals surface area contributed by atoms with Crippen LogP contribution in [0.3, 0.4) is 0 Å². The Balaban J connectivity index is 1.23. The van der Waals surface area contributed by atoms with Gasteiger partial charge in [0.05, 0.1) is 26.9 Å². The first-order valence-corrected chi connectivity index (χ1v) is 16.9. The molecule has 3 fully saturated rings. The average molecular weight is 637 g/mol. The minimum absolute atomic E-state index is 0.0130. The van der Waals surface area contributed by atoms with E-state index in [2.05, 4.69) is 41.1 Å². The summed E-state index contributed by atoms with van der Waals surface area (Å²) in [5.74, 6) is 1.73. The molecular weight excluding hydrogens is 584 g/mol. The number of benzene rings is 2. The van der Waals surface area contributed by atoms with Crippen LogP contribution in [-0.2, 0) is 16.0 Å². The second-order valence-corrected chi connectivity index (χ2v) is 13.1. The van der Waals surface area contributed by atoms with Crippen molar-refractivity contribution < 1.29 is 28.5 Å². The molecule has 2 aromatic rings. The fraction of sp³-hybridized carbons (Fsp3) is 0.611. The van der Waals surface area contributed by atoms with Gasteiger partial charge in [-0.1, -0.05) is 12.1 Å². The molecule has 46 heavy (non-hydrogen) atoms. The van der Waals surface area contributed by atoms with Gasteiger partial charge in [-0.15, -0.1) is 0 Å². The third-order valence-electron chi connectivity index (χ3n) is 9.35. The van der Waals surface area contributed by atoms with Crippen molar-refractivity contribution in [3.63, 3.8) is 0 Å². The van der Waals surface area contributed by atoms with E-state index in [0.717, 1.165) is 70.8 Å². The largest absolute Gasteiger partial charge is 0.493 e. The van der Waals surface area contributed by atoms with Gasteiger partial charge in [0.15, 0.2) is 11.5 Å². The maximum atomic E-state index is 13.9. The molecule has 252 valence electrons. The van der Waals surface area contributed by atoms with Gasteiger partial charge in [-0.3, -0.25) is 14.5 Å². The lowest BCUT2D eigenvalue weighted by Gasteiger charge is -2.34. The van der Waals surface area contributed by atoms with Gasteiger partial charge in [0.2, 0.25) is 0 Å². The summed E-state index contributed by atoms with van der Waals surface area (Å²) in [5, 5.41) is 3.56. The molecule has 10 nitrogen and oxygen atoms in total. The Morgan fingerprint density at radius 2 is 1.61 bits per heavy atom. The van der Waals surface area contributed by atoms with E-state index >= 15 is 0 Å². The van der Waals surface area contributed by atoms with Crippen molar-refractivity contribution in [1.29, 1.82) is 0 Å². The van der Waals surface area contributed by atoms with Crippen molar-refractivity contribution in [2.24, 2.45) is 11.8 Å². The Hall–Kier alpha value is -3.18. The molecule has 2 aliphatic heterocycles. The summed E-state index contributed by atoms with van der Waals surface area (Å²) in [5.41, 5.74) is 2.54. The van der Waals surface area contributed by atoms with Crippen LogP contribution < -0.4 is 14.8 Å². The molecule has 1 saturated carbocycles. The Kier molecular flexibility index (Phi) is 12.3. The van der Waals surface area contributed by atoms with Crippen LogP contribution in [0.1, 0.15) is 59.4 Å². The Morgan fingerprint density at radius 3 is 2.26 bits per heavy atom. The zero-order valence-corrected chi connectivity index (χ0v) is 28.0. The molecule has 2 saturated heterocycles. The Bertz CT molecular complexity index is 1280. The smallest absolute Gasteiger partial charge is 0.254 e. The van der Waals surface area contributed by atoms with Crippen LogP contribution in [0.2, 0.25) is 0 Å². The molecule has 2 aromatic carbocycles. The first kappa shape index (κ1) is 34.2. The van der Waals surface area contributed by atoms with E-state index in [0.29, 0.717) is 49.4 Å². The van der Waals surface area contributed by atoms with Gasteiger partial charge in [-0.25, -0.2) is 0 Å². The molecule has 2 atom stereocenters. The van der Waals surface area contributed by atoms with E-state index in [-0.39, 0.29) is 29.7 Å². The van der Waals surface area contributed by atoms with Crippen LogP contribution in [0.4, 0.5) is 0 Å². The van der Waals surface area contributed by atoms with Crippen LogP contribution in [0.5, 0.6) is 11.5 Å². The van der Waals surface area contributed by atoms with E-state index in [9.17, 15) is 9.59 Å². The molecule has 5 rings (SSSR count). The highest BCUT2D eigenvalue weighted by molar-refractivity contribution is 5.95. The number of carbonyl (C=O) groups excluding carboxylic acids is 2. The number of hydrogen-bond acceptors (Lipinski definition) is 8. The second-order valence-electron chi connectivity index (χ2n) is 13.1. The topological polar surface area (TPSA) is 92.8 Å². The number of nitrogens with one attached hydrogen (secondary N) is 1. The summed E-state index contributed by atoms with van der Waals surface area (Å²) in [6.45, 7) is 12.5. The lowest BCUT2D eigenvalue weighted by molar-refractivity contribution is 0.0342. The molecule has 0 aromatic heterocycles. The van der Waals surface area contributed by atoms with Crippen molar-refractivity contribution >= 4 is 11.8 Å². The Morgan fingerprint density at radius 1 is 0.913 bits per heavy atom. The lowest BCUT2D eigenvalue weighted by Crippen LogP contribution is -2.45. The summed E-state index contributed by atoms with van der Waals surface area (Å²) in [7, 11) is 3.27. The standard InChI is InChI=1S/C36H52N4O6/c1-26(2)39(36(42)29-10-13-33(44-4)34(20-29)46-17-5-16-43-3)24-30-21-37-22-31(30)25-40(32-11-12-32)35(41)28-8-6-27(7-9-28)23-38-14-18-45-19-15-38/h6-10,13,20,26,30-32,37H,5,11-12,14-19,21-25H2,1-4H3. The van der Waals surface area contributed by atoms with E-state index in [4.69, 9.17) is 18.9 Å². The first-order chi connectivity index (χ1) is 22.4. The highest BCUT2D eigenvalue weighted by atomic mass is 16.5. The number of amides is 2. The van der Waals surface area contributed by atoms with Gasteiger partial charge in [-0.2, -0.15) is 0 Å². The third kappa shape index (κ3) is 9.00. The number of hydrogen-bond donors (Lipinski definition) is 1. The number of rotatable bonds is 16. The van der Waals surface area contributed by atoms with Gasteiger partial charge < -0.3 is 34.1 Å². The summed E-state index contributed by atoms with van der Waals surface area (Å²) in [4.78, 5) is 34.2. The number of carbonyl (C=O) groups is 2. The fourth-order valence-electron chi connectivity index (χ4n) is 6.44. The number of ether oxygens (including phenoxy) is 4. The molecule has 2 amide bonds. The minimum atomic E-state index is -0.0302. The summed E-state index contributed by atoms with van der Waals surface area (Å²) >= 11 is 0. The van der Waals surface area contributed by atoms with Crippen molar-refractivity contribution in [2.45, 2.75) is 51.7 Å². The lowest BCUT2D eigenvalue weighted by atomic mass is 9.93. The van der Waals surface area contributed by atoms with Gasteiger partial charge >= 0.3 is 0 Å². The molecule has 2 heterocycles. The van der Waals surface area contributed by atoms with Crippen molar-refractivity contribution in [3.8, 4) is 11.5 Å². The maximum absolute atomic E-state index is 13.9. The summed E-state index contributed by atoms with van der Waals surface area (Å²) in [6, 6.07) is 13.9. The molecule has 10 heteroatoms. The number of methoxy groups -OCH3 is 2. The van der Waals surface area contributed by atoms with Crippen LogP contribution in [0.25, 0.3) is 0 Å². The van der Waals surface area contributed by atoms with Gasteiger partial charge in [0, 0.05) is 89.2 Å². The highest BCUT2D eigenvalue weighted by Crippen LogP contribution is 2.33. The third-order valence-corrected chi connectivity index (χ3v) is 9.35. The predicted octanol–water partition coefficient (Wildman–Crippen LogP) is 3.93. The van der Waals surface area contributed by atoms with E-state index in [1.165, 1.54) is 5.56 Å². The van der Waals surface area contributed by atoms with Crippen LogP contribution in [0.15, 0.2) is 42.5 Å². The van der Waals surface area contributed by atoms with Crippen molar-refractivity contribution in [3.05, 3.63) is 59.2 Å². The molecule has 0 spiro atoms. The SMILES string of the molecule is COCCCOc1cc(C(=O)N(CC2CNCC2CN(C(=O)c2ccc(CN3CCOCC3)cc2)C2CC2)C(C)C)ccc1OC. The maximum Gasteiger partial charge on any atom is 0.254 e. The van der Waals surface area contributed by atoms with Crippen LogP contribution in [-0.4, -0.2) is 119 Å². The van der Waals surface area contributed by atoms with Gasteiger partial charge in [0.25, 0.3) is 11.8 Å². The first-order valence-electron chi connectivity index (χ1n) is 16.9. The molecule has 0 radical (unpaired) electrons. The average Bonchev–Trinajstić information content (AvgIpc) is 3.82. The normalized spacial score (nSPS) is 20.1. The second kappa shape index (κ2) is 16.6. The van der Waals surface area contributed by atoms with E-state index in [1.54, 1.807) is 26.4 Å². The van der Waals surface area contributed by atoms with Gasteiger partial charge in [-0.05, 0) is 74.4 Å². The van der Waals surface area contributed by atoms with Crippen molar-refractivity contribution in [2.75, 3.05) is 79.9 Å². The molecule has 2 unspecified atom stereocenters. The highest BCUT2D eigenvalue weighted by Gasteiger charge is 2.39. The summed E-state index contributed by atoms with van der Waals surface area (Å²) in [6.07, 6.45) is 2.85. The minimum Gasteiger partial charge on any atom is -0.493 e. The molecule has 3 aliphatic rings. The predicted molar refractivity (Wildman–Crippen MR) is 178 cm³/mol. The molecule has 1 N–H and O–H groups in total. The zero-order valence-electron chi connectivity index (χ0n) is 28.0. The molecule has 0 bridgehead atoms. The van der Waals surface area contributed by atoms with Crippen LogP contribution >= 0.6 is 0 Å². The molecular formula is C36H52N4O6. The Labute approximate surface area is 274 Å². The van der Waals surface area contributed by atoms with Gasteiger partial charge in [0.1, 0.15) is 0 Å². The monoisotopic (exact) mass is 636 g/mol. The van der Waals surface area contributed by atoms with E-state index in [1.807, 2.05) is 23.1 Å².